The molecule has 0 bridgehead atoms. The molecule has 1 aromatic heterocycles. The molecule has 0 saturated carbocycles. The van der Waals surface area contributed by atoms with Gasteiger partial charge in [0, 0.05) is 19.5 Å². The number of hydrogen-bond acceptors (Lipinski definition) is 2. The number of fused-ring (bicyclic) bond motifs is 1. The molecule has 3 rings (SSSR count). The van der Waals surface area contributed by atoms with E-state index in [2.05, 4.69) is 74.5 Å². The van der Waals surface area contributed by atoms with Crippen molar-refractivity contribution in [1.29, 1.82) is 0 Å². The topological polar surface area (TPSA) is 46.9 Å². The molecular weight excluding hydrogens is 370 g/mol. The normalized spacial score (nSPS) is 11.1. The van der Waals surface area contributed by atoms with Crippen LogP contribution in [0.2, 0.25) is 0 Å². The average Bonchev–Trinajstić information content (AvgIpc) is 3.09. The van der Waals surface area contributed by atoms with E-state index in [0.717, 1.165) is 43.6 Å². The van der Waals surface area contributed by atoms with Gasteiger partial charge in [-0.25, -0.2) is 4.98 Å². The van der Waals surface area contributed by atoms with Crippen LogP contribution in [0.25, 0.3) is 11.0 Å². The molecule has 0 unspecified atom stereocenters. The largest absolute Gasteiger partial charge is 0.353 e. The Morgan fingerprint density at radius 3 is 2.47 bits per heavy atom. The molecule has 30 heavy (non-hydrogen) atoms. The Bertz CT molecular complexity index is 1040. The summed E-state index contributed by atoms with van der Waals surface area (Å²) in [5.74, 6) is 1.04. The standard InChI is InChI=1S/C26H33N3O/c1-6-26(30)27-15-11-7-8-14-25-28-23-12-9-10-13-24(23)29(25)17-22-20(4)18(2)16-19(3)21(22)5/h6,9-10,12-13,16H,1,7-8,11,14-15,17H2,2-5H3,(H,27,30). The van der Waals surface area contributed by atoms with Gasteiger partial charge in [-0.3, -0.25) is 4.79 Å². The summed E-state index contributed by atoms with van der Waals surface area (Å²) < 4.78 is 2.39. The van der Waals surface area contributed by atoms with Crippen molar-refractivity contribution in [3.63, 3.8) is 0 Å². The van der Waals surface area contributed by atoms with Crippen LogP contribution in [0.5, 0.6) is 0 Å². The minimum Gasteiger partial charge on any atom is -0.353 e. The number of para-hydroxylation sites is 2. The Hall–Kier alpha value is -2.88. The van der Waals surface area contributed by atoms with E-state index >= 15 is 0 Å². The van der Waals surface area contributed by atoms with Gasteiger partial charge in [-0.05, 0) is 86.6 Å². The Morgan fingerprint density at radius 2 is 1.77 bits per heavy atom. The lowest BCUT2D eigenvalue weighted by molar-refractivity contribution is -0.116. The van der Waals surface area contributed by atoms with Gasteiger partial charge in [0.15, 0.2) is 0 Å². The molecule has 0 radical (unpaired) electrons. The van der Waals surface area contributed by atoms with Crippen LogP contribution in [-0.4, -0.2) is 22.0 Å². The second-order valence-electron chi connectivity index (χ2n) is 8.15. The fourth-order valence-electron chi connectivity index (χ4n) is 4.06. The number of carbonyl (C=O) groups is 1. The Kier molecular flexibility index (Phi) is 7.09. The first-order chi connectivity index (χ1) is 14.4. The van der Waals surface area contributed by atoms with E-state index in [9.17, 15) is 4.79 Å². The van der Waals surface area contributed by atoms with E-state index in [0.29, 0.717) is 6.54 Å². The molecule has 0 spiro atoms. The molecule has 4 heteroatoms. The fraction of sp³-hybridized carbons (Fsp3) is 0.385. The van der Waals surface area contributed by atoms with E-state index < -0.39 is 0 Å². The highest BCUT2D eigenvalue weighted by molar-refractivity contribution is 5.86. The van der Waals surface area contributed by atoms with Crippen LogP contribution in [0.15, 0.2) is 43.0 Å². The number of carbonyl (C=O) groups excluding carboxylic acids is 1. The Morgan fingerprint density at radius 1 is 1.07 bits per heavy atom. The number of amides is 1. The van der Waals surface area contributed by atoms with Gasteiger partial charge in [0.25, 0.3) is 0 Å². The Labute approximate surface area is 180 Å². The average molecular weight is 404 g/mol. The van der Waals surface area contributed by atoms with Crippen molar-refractivity contribution in [2.24, 2.45) is 0 Å². The number of aromatic nitrogens is 2. The number of unbranched alkanes of at least 4 members (excludes halogenated alkanes) is 2. The first kappa shape index (κ1) is 21.8. The maximum absolute atomic E-state index is 11.2. The molecule has 2 aromatic carbocycles. The third-order valence-corrected chi connectivity index (χ3v) is 6.13. The SMILES string of the molecule is C=CC(=O)NCCCCCc1nc2ccccc2n1Cc1c(C)c(C)cc(C)c1C. The summed E-state index contributed by atoms with van der Waals surface area (Å²) in [6.07, 6.45) is 5.34. The summed E-state index contributed by atoms with van der Waals surface area (Å²) in [4.78, 5) is 16.2. The van der Waals surface area contributed by atoms with Crippen molar-refractivity contribution in [2.75, 3.05) is 6.54 Å². The first-order valence-corrected chi connectivity index (χ1v) is 10.8. The molecule has 158 valence electrons. The van der Waals surface area contributed by atoms with Gasteiger partial charge >= 0.3 is 0 Å². The predicted octanol–water partition coefficient (Wildman–Crippen LogP) is 5.33. The van der Waals surface area contributed by atoms with Crippen molar-refractivity contribution in [3.05, 3.63) is 76.6 Å². The number of nitrogens with zero attached hydrogens (tertiary/aromatic N) is 2. The first-order valence-electron chi connectivity index (χ1n) is 10.8. The minimum absolute atomic E-state index is 0.101. The molecule has 0 saturated heterocycles. The smallest absolute Gasteiger partial charge is 0.243 e. The van der Waals surface area contributed by atoms with Crippen LogP contribution in [0.4, 0.5) is 0 Å². The number of benzene rings is 2. The summed E-state index contributed by atoms with van der Waals surface area (Å²) in [5, 5.41) is 2.84. The van der Waals surface area contributed by atoms with Crippen LogP contribution >= 0.6 is 0 Å². The van der Waals surface area contributed by atoms with E-state index in [-0.39, 0.29) is 5.91 Å². The predicted molar refractivity (Wildman–Crippen MR) is 125 cm³/mol. The minimum atomic E-state index is -0.101. The van der Waals surface area contributed by atoms with E-state index in [1.54, 1.807) is 0 Å². The zero-order chi connectivity index (χ0) is 21.7. The van der Waals surface area contributed by atoms with Crippen LogP contribution in [0.3, 0.4) is 0 Å². The Balaban J connectivity index is 1.80. The van der Waals surface area contributed by atoms with Gasteiger partial charge in [0.2, 0.25) is 5.91 Å². The fourth-order valence-corrected chi connectivity index (χ4v) is 4.06. The van der Waals surface area contributed by atoms with Gasteiger partial charge in [-0.2, -0.15) is 0 Å². The van der Waals surface area contributed by atoms with Crippen LogP contribution in [-0.2, 0) is 17.8 Å². The maximum Gasteiger partial charge on any atom is 0.243 e. The van der Waals surface area contributed by atoms with Crippen molar-refractivity contribution < 1.29 is 4.79 Å². The lowest BCUT2D eigenvalue weighted by Crippen LogP contribution is -2.21. The number of aryl methyl sites for hydroxylation is 3. The molecule has 3 aromatic rings. The zero-order valence-corrected chi connectivity index (χ0v) is 18.7. The van der Waals surface area contributed by atoms with E-state index in [1.807, 2.05) is 0 Å². The highest BCUT2D eigenvalue weighted by atomic mass is 16.1. The van der Waals surface area contributed by atoms with Crippen molar-refractivity contribution in [2.45, 2.75) is 59.9 Å². The van der Waals surface area contributed by atoms with Gasteiger partial charge in [0.1, 0.15) is 5.82 Å². The number of nitrogens with one attached hydrogen (secondary N) is 1. The third-order valence-electron chi connectivity index (χ3n) is 6.13. The summed E-state index contributed by atoms with van der Waals surface area (Å²) in [7, 11) is 0. The van der Waals surface area contributed by atoms with Gasteiger partial charge < -0.3 is 9.88 Å². The second kappa shape index (κ2) is 9.75. The van der Waals surface area contributed by atoms with Crippen molar-refractivity contribution in [3.8, 4) is 0 Å². The molecule has 0 aliphatic heterocycles. The molecular formula is C26H33N3O. The third kappa shape index (κ3) is 4.81. The van der Waals surface area contributed by atoms with E-state index in [1.165, 1.54) is 39.4 Å². The quantitative estimate of drug-likeness (QED) is 0.387. The monoisotopic (exact) mass is 403 g/mol. The molecule has 1 amide bonds. The molecule has 1 heterocycles. The zero-order valence-electron chi connectivity index (χ0n) is 18.7. The summed E-state index contributed by atoms with van der Waals surface area (Å²) >= 11 is 0. The van der Waals surface area contributed by atoms with Gasteiger partial charge in [-0.1, -0.05) is 31.2 Å². The summed E-state index contributed by atoms with van der Waals surface area (Å²) in [5.41, 5.74) is 9.11. The highest BCUT2D eigenvalue weighted by Crippen LogP contribution is 2.26. The van der Waals surface area contributed by atoms with Gasteiger partial charge in [0.05, 0.1) is 11.0 Å². The molecule has 0 aliphatic carbocycles. The summed E-state index contributed by atoms with van der Waals surface area (Å²) in [6, 6.07) is 10.7. The molecule has 0 aliphatic rings. The lowest BCUT2D eigenvalue weighted by Gasteiger charge is -2.18. The van der Waals surface area contributed by atoms with Crippen molar-refractivity contribution in [1.82, 2.24) is 14.9 Å². The molecule has 0 atom stereocenters. The molecule has 1 N–H and O–H groups in total. The lowest BCUT2D eigenvalue weighted by atomic mass is 9.94. The molecule has 0 fully saturated rings. The van der Waals surface area contributed by atoms with E-state index in [4.69, 9.17) is 4.98 Å². The van der Waals surface area contributed by atoms with Crippen molar-refractivity contribution >= 4 is 16.9 Å². The maximum atomic E-state index is 11.2. The van der Waals surface area contributed by atoms with Crippen LogP contribution < -0.4 is 5.32 Å². The summed E-state index contributed by atoms with van der Waals surface area (Å²) in [6.45, 7) is 13.9. The number of hydrogen-bond donors (Lipinski definition) is 1. The number of rotatable bonds is 9. The number of imidazole rings is 1. The van der Waals surface area contributed by atoms with Gasteiger partial charge in [-0.15, -0.1) is 0 Å². The molecule has 4 nitrogen and oxygen atoms in total. The van der Waals surface area contributed by atoms with Crippen LogP contribution in [0, 0.1) is 27.7 Å². The second-order valence-corrected chi connectivity index (χ2v) is 8.15. The van der Waals surface area contributed by atoms with Crippen LogP contribution in [0.1, 0.15) is 52.9 Å². The highest BCUT2D eigenvalue weighted by Gasteiger charge is 2.15.